The van der Waals surface area contributed by atoms with Crippen LogP contribution in [0.3, 0.4) is 0 Å². The van der Waals surface area contributed by atoms with Gasteiger partial charge in [0.25, 0.3) is 0 Å². The third-order valence-electron chi connectivity index (χ3n) is 22.8. The Kier molecular flexibility index (Phi) is 40.3. The van der Waals surface area contributed by atoms with E-state index >= 15 is 0 Å². The van der Waals surface area contributed by atoms with Gasteiger partial charge in [0.2, 0.25) is 0 Å². The summed E-state index contributed by atoms with van der Waals surface area (Å²) in [6.07, 6.45) is 20.6. The first kappa shape index (κ1) is 99.6. The second kappa shape index (κ2) is 51.0. The third kappa shape index (κ3) is 33.2. The van der Waals surface area contributed by atoms with Gasteiger partial charge < -0.3 is 63.2 Å². The normalized spacial score (nSPS) is 17.1. The number of allylic oxidation sites excluding steroid dienone is 5. The summed E-state index contributed by atoms with van der Waals surface area (Å²) in [5.74, 6) is -1.26. The lowest BCUT2D eigenvalue weighted by molar-refractivity contribution is -0.161. The van der Waals surface area contributed by atoms with E-state index < -0.39 is 0 Å². The number of carbonyl (C=O) groups is 5. The molecule has 9 aromatic rings. The van der Waals surface area contributed by atoms with E-state index in [0.29, 0.717) is 90.4 Å². The van der Waals surface area contributed by atoms with Crippen molar-refractivity contribution < 1.29 is 71.2 Å². The Balaban J connectivity index is 0.000000173. The van der Waals surface area contributed by atoms with Gasteiger partial charge in [-0.2, -0.15) is 0 Å². The minimum absolute atomic E-state index is 0. The van der Waals surface area contributed by atoms with Crippen molar-refractivity contribution in [3.05, 3.63) is 344 Å². The van der Waals surface area contributed by atoms with Crippen LogP contribution < -0.4 is 11.1 Å². The first-order valence-corrected chi connectivity index (χ1v) is 44.2. The minimum Gasteiger partial charge on any atom is -0.461 e. The molecule has 1 unspecified atom stereocenters. The number of nitrogens with two attached hydrogens (primary N) is 1. The van der Waals surface area contributed by atoms with Crippen molar-refractivity contribution in [1.82, 2.24) is 10.2 Å². The predicted octanol–water partition coefficient (Wildman–Crippen LogP) is 20.9. The van der Waals surface area contributed by atoms with Gasteiger partial charge >= 0.3 is 31.0 Å². The summed E-state index contributed by atoms with van der Waals surface area (Å²) < 4.78 is 57.4. The lowest BCUT2D eigenvalue weighted by atomic mass is 9.71. The monoisotopic (exact) mass is 1790 g/mol. The van der Waals surface area contributed by atoms with E-state index in [4.69, 9.17) is 52.9 Å². The molecule has 3 aliphatic heterocycles. The quantitative estimate of drug-likeness (QED) is 0.0296. The molecular weight excluding hydrogens is 1670 g/mol. The van der Waals surface area contributed by atoms with Gasteiger partial charge in [-0.1, -0.05) is 264 Å². The predicted molar refractivity (Wildman–Crippen MR) is 506 cm³/mol. The van der Waals surface area contributed by atoms with Crippen LogP contribution in [0.1, 0.15) is 172 Å². The van der Waals surface area contributed by atoms with Crippen LogP contribution in [-0.2, 0) is 123 Å². The van der Waals surface area contributed by atoms with Crippen molar-refractivity contribution in [3.63, 3.8) is 0 Å². The average Bonchev–Trinajstić information content (AvgIpc) is 1.62. The number of hydrogen-bond donors (Lipinski definition) is 2. The Morgan fingerprint density at radius 3 is 1.08 bits per heavy atom. The van der Waals surface area contributed by atoms with E-state index in [9.17, 15) is 24.0 Å². The summed E-state index contributed by atoms with van der Waals surface area (Å²) in [4.78, 5) is 61.3. The van der Waals surface area contributed by atoms with E-state index in [0.717, 1.165) is 118 Å². The Morgan fingerprint density at radius 1 is 0.437 bits per heavy atom. The summed E-state index contributed by atoms with van der Waals surface area (Å²) in [6.45, 7) is 14.5. The number of anilines is 1. The molecule has 0 aromatic heterocycles. The molecule has 2 spiro atoms. The van der Waals surface area contributed by atoms with Crippen molar-refractivity contribution in [2.75, 3.05) is 60.4 Å². The number of Topliss-reactive ketones (excluding diaryl/α,β-unsaturated/α-hetero) is 1. The lowest BCUT2D eigenvalue weighted by Crippen LogP contribution is -2.41. The molecule has 0 saturated carbocycles. The zero-order valence-corrected chi connectivity index (χ0v) is 76.9. The number of nitrogen functional groups attached to an aromatic ring is 1. The summed E-state index contributed by atoms with van der Waals surface area (Å²) in [6, 6.07) is 79.4. The average molecular weight is 1790 g/mol. The summed E-state index contributed by atoms with van der Waals surface area (Å²) in [5.41, 5.74) is 23.5. The molecule has 666 valence electrons. The number of aryl methyl sites for hydroxylation is 1. The van der Waals surface area contributed by atoms with Crippen LogP contribution in [0, 0.1) is 6.92 Å². The van der Waals surface area contributed by atoms with Crippen LogP contribution in [0.5, 0.6) is 0 Å². The minimum atomic E-state index is -0.383. The molecule has 4 aliphatic carbocycles. The van der Waals surface area contributed by atoms with Gasteiger partial charge in [0.05, 0.1) is 63.3 Å². The number of benzene rings is 9. The van der Waals surface area contributed by atoms with Gasteiger partial charge in [-0.3, -0.25) is 24.0 Å². The summed E-state index contributed by atoms with van der Waals surface area (Å²) in [7, 11) is 7.83. The van der Waals surface area contributed by atoms with Gasteiger partial charge in [0.1, 0.15) is 32.2 Å². The van der Waals surface area contributed by atoms with Crippen LogP contribution in [0.15, 0.2) is 277 Å². The Hall–Kier alpha value is -10.2. The first-order chi connectivity index (χ1) is 60.3. The summed E-state index contributed by atoms with van der Waals surface area (Å²) in [5, 5.41) is 2.75. The van der Waals surface area contributed by atoms with Crippen molar-refractivity contribution in [1.29, 1.82) is 0 Å². The maximum absolute atomic E-state index is 12.1. The molecule has 1 atom stereocenters. The van der Waals surface area contributed by atoms with Crippen LogP contribution in [0.4, 0.5) is 5.69 Å². The highest BCUT2D eigenvalue weighted by atomic mass is 79.9. The molecule has 3 heterocycles. The first-order valence-electron chi connectivity index (χ1n) is 43.4. The van der Waals surface area contributed by atoms with Crippen molar-refractivity contribution in [2.45, 2.75) is 193 Å². The number of rotatable bonds is 21. The van der Waals surface area contributed by atoms with E-state index in [1.54, 1.807) is 0 Å². The molecule has 21 heteroatoms. The smallest absolute Gasteiger partial charge is 0.461 e. The zero-order valence-electron chi connectivity index (χ0n) is 74.5. The fourth-order valence-electron chi connectivity index (χ4n) is 14.7. The molecule has 0 bridgehead atoms. The number of nitrogens with one attached hydrogen (secondary N) is 1. The van der Waals surface area contributed by atoms with Crippen LogP contribution >= 0.6 is 28.3 Å². The van der Waals surface area contributed by atoms with E-state index in [2.05, 4.69) is 110 Å². The van der Waals surface area contributed by atoms with Crippen molar-refractivity contribution in [3.8, 4) is 0 Å². The fraction of sp³-hybridized carbons (Fsp3) is 0.362. The molecule has 3 fully saturated rings. The zero-order chi connectivity index (χ0) is 88.9. The highest BCUT2D eigenvalue weighted by molar-refractivity contribution is 9.10. The van der Waals surface area contributed by atoms with E-state index in [1.807, 2.05) is 245 Å². The maximum Gasteiger partial charge on any atom is 0.490 e. The number of halogens is 2. The topological polar surface area (TPSA) is 219 Å². The van der Waals surface area contributed by atoms with Crippen LogP contribution in [-0.4, -0.2) is 125 Å². The van der Waals surface area contributed by atoms with Gasteiger partial charge in [-0.15, -0.1) is 12.4 Å². The SMILES string of the molecule is CC1(C)OB(C2=CCC3(CC2)OCCO3)OC1(C)C.CN(C)C1CC=C(c2ccc(CC(=O)OCc3ccccc3)cc2)CC1.CNC.Cc1ccc(CC(=O)OCc2ccccc2)cc1.Cl.Nc1ccc(Br)cc1.O=C(Cc1ccc(C2=CCC3(CC2)OCCO3)cc1)OCc1ccccc1.O=C1CC=C(c2ccc(CC(=O)OCc3ccccc3)cc2)CC1. The third-order valence-corrected chi connectivity index (χ3v) is 23.3. The van der Waals surface area contributed by atoms with Crippen LogP contribution in [0.25, 0.3) is 16.7 Å². The highest BCUT2D eigenvalue weighted by Gasteiger charge is 2.53. The van der Waals surface area contributed by atoms with Crippen LogP contribution in [0.2, 0.25) is 0 Å². The Labute approximate surface area is 760 Å². The number of hydrogen-bond acceptors (Lipinski definition) is 18. The van der Waals surface area contributed by atoms with E-state index in [1.165, 1.54) is 45.3 Å². The van der Waals surface area contributed by atoms with Gasteiger partial charge in [0.15, 0.2) is 11.6 Å². The maximum atomic E-state index is 12.1. The number of ketones is 1. The van der Waals surface area contributed by atoms with Crippen molar-refractivity contribution in [2.24, 2.45) is 0 Å². The highest BCUT2D eigenvalue weighted by Crippen LogP contribution is 2.44. The molecule has 9 aromatic carbocycles. The van der Waals surface area contributed by atoms with Gasteiger partial charge in [-0.25, -0.2) is 0 Å². The molecule has 16 rings (SSSR count). The lowest BCUT2D eigenvalue weighted by Gasteiger charge is -2.32. The summed E-state index contributed by atoms with van der Waals surface area (Å²) >= 11 is 3.29. The number of ether oxygens (including phenoxy) is 8. The number of esters is 4. The second-order valence-electron chi connectivity index (χ2n) is 33.2. The molecule has 0 amide bonds. The molecule has 3 saturated heterocycles. The molecule has 7 aliphatic rings. The standard InChI is InChI=1S/C23H27NO2.C23H24O4.C21H20O3.C16H16O2.C14H23BO4.C6H6BrN.C2H7N.ClH/c1-24(2)22-14-12-21(13-15-22)20-10-8-18(9-11-20)16-23(25)26-17-19-6-4-3-5-7-19;24-22(25-17-19-4-2-1-3-5-19)16-18-6-8-20(9-7-18)21-10-12-23(13-11-21)26-14-15-27-23;22-20-12-10-19(11-13-20)18-8-6-16(7-9-18)14-21(23)24-15-17-4-2-1-3-5-17;1-13-7-9-14(10-8-13)11-16(17)18-12-15-5-3-2-4-6-15;1-12(2)13(3,4)19-15(18-12)11-5-7-14(8-6-11)16-9-10-17-14;7-5-1-3-6(8)4-2-5;1-3-2;/h3-12,22H,13-17H2,1-2H3;1-10H,11-17H2;1-10H,11-15H2;2-10H,11-12H2,1H3;5H,6-10H2,1-4H3;1-4H,8H2;3H,1-2H3;1H. The molecule has 18 nitrogen and oxygen atoms in total. The van der Waals surface area contributed by atoms with Gasteiger partial charge in [0, 0.05) is 54.7 Å². The molecular formula is C105H124BBrClN3O15. The number of carbonyl (C=O) groups excluding carboxylic acids is 5. The molecule has 0 radical (unpaired) electrons. The van der Waals surface area contributed by atoms with Gasteiger partial charge in [-0.05, 0) is 209 Å². The van der Waals surface area contributed by atoms with Crippen molar-refractivity contribution >= 4 is 87.5 Å². The fourth-order valence-corrected chi connectivity index (χ4v) is 14.9. The number of nitrogens with zero attached hydrogens (tertiary/aromatic N) is 1. The molecule has 3 N–H and O–H groups in total. The Morgan fingerprint density at radius 2 is 0.778 bits per heavy atom. The van der Waals surface area contributed by atoms with E-state index in [-0.39, 0.29) is 79.0 Å². The Bertz CT molecular complexity index is 4930. The molecule has 126 heavy (non-hydrogen) atoms. The second-order valence-corrected chi connectivity index (χ2v) is 34.1. The largest absolute Gasteiger partial charge is 0.490 e.